The van der Waals surface area contributed by atoms with E-state index in [0.717, 1.165) is 60.8 Å². The van der Waals surface area contributed by atoms with Crippen molar-refractivity contribution in [2.45, 2.75) is 44.2 Å². The molecule has 2 heterocycles. The number of ether oxygens (including phenoxy) is 1. The Bertz CT molecular complexity index is 1000. The zero-order valence-corrected chi connectivity index (χ0v) is 19.3. The lowest BCUT2D eigenvalue weighted by Gasteiger charge is -2.41. The normalized spacial score (nSPS) is 19.4. The van der Waals surface area contributed by atoms with Crippen LogP contribution < -0.4 is 0 Å². The lowest BCUT2D eigenvalue weighted by molar-refractivity contribution is 0.0368. The van der Waals surface area contributed by atoms with Crippen LogP contribution in [0.4, 0.5) is 0 Å². The van der Waals surface area contributed by atoms with Gasteiger partial charge in [0.15, 0.2) is 0 Å². The van der Waals surface area contributed by atoms with Crippen molar-refractivity contribution in [1.29, 1.82) is 0 Å². The van der Waals surface area contributed by atoms with Crippen molar-refractivity contribution in [1.82, 2.24) is 14.5 Å². The molecule has 0 N–H and O–H groups in total. The molecular formula is C25H30BrN3O. The molecule has 5 heteroatoms. The predicted octanol–water partition coefficient (Wildman–Crippen LogP) is 5.39. The van der Waals surface area contributed by atoms with E-state index in [4.69, 9.17) is 9.72 Å². The first-order chi connectivity index (χ1) is 14.6. The van der Waals surface area contributed by atoms with E-state index in [9.17, 15) is 0 Å². The van der Waals surface area contributed by atoms with Crippen molar-refractivity contribution in [3.8, 4) is 0 Å². The average molecular weight is 468 g/mol. The van der Waals surface area contributed by atoms with Crippen molar-refractivity contribution >= 4 is 27.0 Å². The molecule has 1 aliphatic heterocycles. The highest BCUT2D eigenvalue weighted by Crippen LogP contribution is 2.36. The molecule has 0 atom stereocenters. The maximum absolute atomic E-state index is 6.44. The summed E-state index contributed by atoms with van der Waals surface area (Å²) in [5.41, 5.74) is 3.79. The lowest BCUT2D eigenvalue weighted by atomic mass is 9.73. The highest BCUT2D eigenvalue weighted by atomic mass is 79.9. The monoisotopic (exact) mass is 467 g/mol. The van der Waals surface area contributed by atoms with E-state index in [0.29, 0.717) is 6.61 Å². The molecule has 2 fully saturated rings. The van der Waals surface area contributed by atoms with Gasteiger partial charge in [0.1, 0.15) is 12.4 Å². The molecule has 3 aromatic rings. The molecule has 2 aliphatic rings. The van der Waals surface area contributed by atoms with Gasteiger partial charge in [-0.1, -0.05) is 46.3 Å². The van der Waals surface area contributed by atoms with Crippen LogP contribution in [0.3, 0.4) is 0 Å². The SMILES string of the molecule is CN1CCC(COCc2nc3cc(Br)ccc3n2CC2CC2)(c2ccccc2)CC1. The number of benzene rings is 2. The van der Waals surface area contributed by atoms with Crippen LogP contribution in [0.15, 0.2) is 53.0 Å². The second-order valence-electron chi connectivity index (χ2n) is 9.16. The third-order valence-corrected chi connectivity index (χ3v) is 7.36. The Kier molecular flexibility index (Phi) is 5.69. The molecule has 0 unspecified atom stereocenters. The van der Waals surface area contributed by atoms with E-state index in [2.05, 4.69) is 81.0 Å². The number of rotatable bonds is 7. The number of likely N-dealkylation sites (tertiary alicyclic amines) is 1. The summed E-state index contributed by atoms with van der Waals surface area (Å²) in [5, 5.41) is 0. The Morgan fingerprint density at radius 3 is 2.60 bits per heavy atom. The van der Waals surface area contributed by atoms with Gasteiger partial charge in [0.2, 0.25) is 0 Å². The molecule has 2 aromatic carbocycles. The number of halogens is 1. The van der Waals surface area contributed by atoms with E-state index < -0.39 is 0 Å². The maximum atomic E-state index is 6.44. The number of piperidine rings is 1. The lowest BCUT2D eigenvalue weighted by Crippen LogP contribution is -2.43. The van der Waals surface area contributed by atoms with Crippen LogP contribution in [0, 0.1) is 5.92 Å². The second kappa shape index (κ2) is 8.45. The summed E-state index contributed by atoms with van der Waals surface area (Å²) in [5.74, 6) is 1.86. The van der Waals surface area contributed by atoms with Crippen molar-refractivity contribution in [2.24, 2.45) is 5.92 Å². The van der Waals surface area contributed by atoms with E-state index in [-0.39, 0.29) is 5.41 Å². The summed E-state index contributed by atoms with van der Waals surface area (Å²) >= 11 is 3.59. The van der Waals surface area contributed by atoms with Crippen molar-refractivity contribution in [3.63, 3.8) is 0 Å². The van der Waals surface area contributed by atoms with Gasteiger partial charge in [0, 0.05) is 16.4 Å². The third kappa shape index (κ3) is 4.20. The molecule has 0 bridgehead atoms. The Morgan fingerprint density at radius 1 is 1.10 bits per heavy atom. The standard InChI is InChI=1S/C25H30BrN3O/c1-28-13-11-25(12-14-28,20-5-3-2-4-6-20)18-30-17-24-27-22-15-21(26)9-10-23(22)29(24)16-19-7-8-19/h2-6,9-10,15,19H,7-8,11-14,16-18H2,1H3. The smallest absolute Gasteiger partial charge is 0.136 e. The number of nitrogens with zero attached hydrogens (tertiary/aromatic N) is 3. The first-order valence-corrected chi connectivity index (χ1v) is 11.9. The number of fused-ring (bicyclic) bond motifs is 1. The van der Waals surface area contributed by atoms with Gasteiger partial charge in [-0.2, -0.15) is 0 Å². The van der Waals surface area contributed by atoms with Crippen LogP contribution >= 0.6 is 15.9 Å². The largest absolute Gasteiger partial charge is 0.373 e. The third-order valence-electron chi connectivity index (χ3n) is 6.87. The van der Waals surface area contributed by atoms with Crippen LogP contribution in [0.2, 0.25) is 0 Å². The van der Waals surface area contributed by atoms with Gasteiger partial charge in [-0.25, -0.2) is 4.98 Å². The molecule has 1 aliphatic carbocycles. The molecular weight excluding hydrogens is 438 g/mol. The minimum absolute atomic E-state index is 0.101. The van der Waals surface area contributed by atoms with Crippen LogP contribution in [0.5, 0.6) is 0 Å². The number of imidazole rings is 1. The van der Waals surface area contributed by atoms with Crippen LogP contribution in [0.1, 0.15) is 37.1 Å². The number of hydrogen-bond donors (Lipinski definition) is 0. The first kappa shape index (κ1) is 20.2. The molecule has 1 saturated carbocycles. The summed E-state index contributed by atoms with van der Waals surface area (Å²) in [7, 11) is 2.22. The Hall–Kier alpha value is -1.69. The molecule has 1 aromatic heterocycles. The zero-order chi connectivity index (χ0) is 20.6. The van der Waals surface area contributed by atoms with Gasteiger partial charge in [0.25, 0.3) is 0 Å². The molecule has 5 rings (SSSR count). The molecule has 0 radical (unpaired) electrons. The van der Waals surface area contributed by atoms with Gasteiger partial charge in [-0.15, -0.1) is 0 Å². The number of hydrogen-bond acceptors (Lipinski definition) is 3. The molecule has 158 valence electrons. The molecule has 30 heavy (non-hydrogen) atoms. The summed E-state index contributed by atoms with van der Waals surface area (Å²) in [4.78, 5) is 7.37. The highest BCUT2D eigenvalue weighted by molar-refractivity contribution is 9.10. The van der Waals surface area contributed by atoms with Gasteiger partial charge in [-0.05, 0) is 75.5 Å². The molecule has 0 amide bonds. The first-order valence-electron chi connectivity index (χ1n) is 11.1. The van der Waals surface area contributed by atoms with Crippen LogP contribution in [0.25, 0.3) is 11.0 Å². The summed E-state index contributed by atoms with van der Waals surface area (Å²) in [6.07, 6.45) is 4.94. The van der Waals surface area contributed by atoms with E-state index in [1.807, 2.05) is 0 Å². The summed E-state index contributed by atoms with van der Waals surface area (Å²) in [6, 6.07) is 17.4. The van der Waals surface area contributed by atoms with Gasteiger partial charge in [-0.3, -0.25) is 0 Å². The van der Waals surface area contributed by atoms with Crippen molar-refractivity contribution in [3.05, 3.63) is 64.4 Å². The van der Waals surface area contributed by atoms with E-state index in [1.165, 1.54) is 23.9 Å². The van der Waals surface area contributed by atoms with E-state index in [1.54, 1.807) is 0 Å². The second-order valence-corrected chi connectivity index (χ2v) is 10.1. The Balaban J connectivity index is 1.36. The Morgan fingerprint density at radius 2 is 1.87 bits per heavy atom. The van der Waals surface area contributed by atoms with E-state index >= 15 is 0 Å². The summed E-state index contributed by atoms with van der Waals surface area (Å²) < 4.78 is 9.91. The van der Waals surface area contributed by atoms with Crippen molar-refractivity contribution < 1.29 is 4.74 Å². The maximum Gasteiger partial charge on any atom is 0.136 e. The summed E-state index contributed by atoms with van der Waals surface area (Å²) in [6.45, 7) is 4.62. The van der Waals surface area contributed by atoms with Crippen molar-refractivity contribution in [2.75, 3.05) is 26.7 Å². The molecule has 1 saturated heterocycles. The van der Waals surface area contributed by atoms with Gasteiger partial charge in [0.05, 0.1) is 17.6 Å². The highest BCUT2D eigenvalue weighted by Gasteiger charge is 2.36. The fourth-order valence-electron chi connectivity index (χ4n) is 4.72. The number of aromatic nitrogens is 2. The Labute approximate surface area is 187 Å². The zero-order valence-electron chi connectivity index (χ0n) is 17.7. The molecule has 0 spiro atoms. The average Bonchev–Trinajstić information content (AvgIpc) is 3.52. The van der Waals surface area contributed by atoms with Gasteiger partial charge < -0.3 is 14.2 Å². The van der Waals surface area contributed by atoms with Gasteiger partial charge >= 0.3 is 0 Å². The quantitative estimate of drug-likeness (QED) is 0.466. The fraction of sp³-hybridized carbons (Fsp3) is 0.480. The minimum atomic E-state index is 0.101. The molecule has 4 nitrogen and oxygen atoms in total. The minimum Gasteiger partial charge on any atom is -0.373 e. The fourth-order valence-corrected chi connectivity index (χ4v) is 5.07. The predicted molar refractivity (Wildman–Crippen MR) is 125 cm³/mol. The van der Waals surface area contributed by atoms with Crippen LogP contribution in [-0.2, 0) is 23.3 Å². The van der Waals surface area contributed by atoms with Crippen LogP contribution in [-0.4, -0.2) is 41.2 Å². The topological polar surface area (TPSA) is 30.3 Å².